The molecule has 0 unspecified atom stereocenters. The molecule has 0 aliphatic rings. The Morgan fingerprint density at radius 3 is 1.41 bits per heavy atom. The van der Waals surface area contributed by atoms with Crippen LogP contribution in [-0.2, 0) is 0 Å². The average molecular weight is 857 g/mol. The molecule has 308 valence electrons. The molecule has 0 fully saturated rings. The first kappa shape index (κ1) is 37.8. The second kappa shape index (κ2) is 15.0. The van der Waals surface area contributed by atoms with Gasteiger partial charge in [0.15, 0.2) is 8.07 Å². The average Bonchev–Trinajstić information content (AvgIpc) is 4.03. The Morgan fingerprint density at radius 1 is 0.303 bits per heavy atom. The van der Waals surface area contributed by atoms with Crippen molar-refractivity contribution in [1.82, 2.24) is 13.7 Å². The van der Waals surface area contributed by atoms with E-state index in [1.54, 1.807) is 0 Å². The predicted molar refractivity (Wildman–Crippen MR) is 278 cm³/mol. The summed E-state index contributed by atoms with van der Waals surface area (Å²) in [4.78, 5) is 0. The monoisotopic (exact) mass is 856 g/mol. The third-order valence-electron chi connectivity index (χ3n) is 13.8. The lowest BCUT2D eigenvalue weighted by Crippen LogP contribution is -2.74. The van der Waals surface area contributed by atoms with Crippen molar-refractivity contribution >= 4 is 94.2 Å². The van der Waals surface area contributed by atoms with Crippen molar-refractivity contribution < 1.29 is 0 Å². The van der Waals surface area contributed by atoms with Crippen LogP contribution in [0.15, 0.2) is 243 Å². The summed E-state index contributed by atoms with van der Waals surface area (Å²) in [5.41, 5.74) is 10.7. The maximum atomic E-state index is 9.92. The number of aromatic nitrogens is 3. The summed E-state index contributed by atoms with van der Waals surface area (Å²) in [7, 11) is -2.81. The molecule has 3 heterocycles. The molecule has 4 nitrogen and oxygen atoms in total. The van der Waals surface area contributed by atoms with Gasteiger partial charge in [0.05, 0.1) is 50.4 Å². The second-order valence-electron chi connectivity index (χ2n) is 17.2. The molecule has 3 aromatic heterocycles. The lowest BCUT2D eigenvalue weighted by atomic mass is 10.1. The summed E-state index contributed by atoms with van der Waals surface area (Å²) < 4.78 is 7.32. The van der Waals surface area contributed by atoms with Crippen LogP contribution in [0.2, 0.25) is 0 Å². The van der Waals surface area contributed by atoms with E-state index in [2.05, 4.69) is 250 Å². The normalized spacial score (nSPS) is 11.9. The molecule has 66 heavy (non-hydrogen) atoms. The molecule has 13 aromatic rings. The smallest absolute Gasteiger partial charge is 0.179 e. The Bertz CT molecular complexity index is 3960. The van der Waals surface area contributed by atoms with Crippen LogP contribution < -0.4 is 20.7 Å². The Kier molecular flexibility index (Phi) is 8.57. The first-order valence-electron chi connectivity index (χ1n) is 22.5. The van der Waals surface area contributed by atoms with Crippen LogP contribution in [0.3, 0.4) is 0 Å². The van der Waals surface area contributed by atoms with Crippen molar-refractivity contribution in [2.24, 2.45) is 0 Å². The molecule has 0 spiro atoms. The standard InChI is InChI=1S/C61H40N4Si/c62-41-42-34-37-58-54(38-42)51-28-12-15-32-57(51)65(58)59-33-17-29-53-50-27-11-14-31-56(50)64(61(53)59)44-35-36-52-49-26-10-13-30-55(49)63(60(52)40-44)43-18-16-25-48(39-43)66(45-19-4-1-5-20-45,46-21-6-2-7-22-46)47-23-8-3-9-24-47/h1-40H. The second-order valence-corrected chi connectivity index (χ2v) is 21.0. The zero-order valence-electron chi connectivity index (χ0n) is 35.9. The predicted octanol–water partition coefficient (Wildman–Crippen LogP) is 12.2. The summed E-state index contributed by atoms with van der Waals surface area (Å²) in [6, 6.07) is 91.1. The van der Waals surface area contributed by atoms with Gasteiger partial charge in [0.2, 0.25) is 0 Å². The summed E-state index contributed by atoms with van der Waals surface area (Å²) in [6.07, 6.45) is 0. The van der Waals surface area contributed by atoms with Crippen molar-refractivity contribution in [3.8, 4) is 23.1 Å². The van der Waals surface area contributed by atoms with Crippen LogP contribution in [0.4, 0.5) is 0 Å². The van der Waals surface area contributed by atoms with Gasteiger partial charge in [-0.2, -0.15) is 5.26 Å². The summed E-state index contributed by atoms with van der Waals surface area (Å²) >= 11 is 0. The lowest BCUT2D eigenvalue weighted by molar-refractivity contribution is 1.13. The third-order valence-corrected chi connectivity index (χ3v) is 18.6. The Labute approximate surface area is 382 Å². The van der Waals surface area contributed by atoms with Crippen LogP contribution in [0, 0.1) is 11.3 Å². The highest BCUT2D eigenvalue weighted by atomic mass is 28.3. The number of hydrogen-bond acceptors (Lipinski definition) is 1. The minimum Gasteiger partial charge on any atom is -0.309 e. The topological polar surface area (TPSA) is 38.6 Å². The van der Waals surface area contributed by atoms with Crippen LogP contribution in [0.1, 0.15) is 5.56 Å². The number of para-hydroxylation sites is 4. The molecule has 0 aliphatic carbocycles. The first-order valence-corrected chi connectivity index (χ1v) is 24.5. The molecule has 0 atom stereocenters. The van der Waals surface area contributed by atoms with Crippen molar-refractivity contribution in [2.75, 3.05) is 0 Å². The number of nitrogens with zero attached hydrogens (tertiary/aromatic N) is 4. The molecule has 0 radical (unpaired) electrons. The molecule has 0 N–H and O–H groups in total. The van der Waals surface area contributed by atoms with Crippen molar-refractivity contribution in [1.29, 1.82) is 5.26 Å². The number of nitriles is 1. The van der Waals surface area contributed by atoms with E-state index in [-0.39, 0.29) is 0 Å². The fourth-order valence-corrected chi connectivity index (χ4v) is 15.9. The van der Waals surface area contributed by atoms with Gasteiger partial charge in [-0.05, 0) is 87.5 Å². The molecular weight excluding hydrogens is 817 g/mol. The molecular formula is C61H40N4Si. The Morgan fingerprint density at radius 2 is 0.773 bits per heavy atom. The highest BCUT2D eigenvalue weighted by Gasteiger charge is 2.41. The minimum atomic E-state index is -2.81. The van der Waals surface area contributed by atoms with Crippen molar-refractivity contribution in [2.45, 2.75) is 0 Å². The largest absolute Gasteiger partial charge is 0.309 e. The molecule has 5 heteroatoms. The van der Waals surface area contributed by atoms with Gasteiger partial charge in [-0.25, -0.2) is 0 Å². The van der Waals surface area contributed by atoms with Gasteiger partial charge in [-0.3, -0.25) is 0 Å². The summed E-state index contributed by atoms with van der Waals surface area (Å²) in [5, 5.41) is 22.3. The SMILES string of the molecule is N#Cc1ccc2c(c1)c1ccccc1n2-c1cccc2c3ccccc3n(-c3ccc4c5ccccc5n(-c5cccc([Si](c6ccccc6)(c6ccccc6)c6ccccc6)c5)c4c3)c12. The van der Waals surface area contributed by atoms with E-state index in [0.29, 0.717) is 5.56 Å². The van der Waals surface area contributed by atoms with E-state index in [1.807, 2.05) is 12.1 Å². The van der Waals surface area contributed by atoms with E-state index in [1.165, 1.54) is 42.3 Å². The maximum Gasteiger partial charge on any atom is 0.179 e. The van der Waals surface area contributed by atoms with Gasteiger partial charge >= 0.3 is 0 Å². The van der Waals surface area contributed by atoms with Gasteiger partial charge in [0.25, 0.3) is 0 Å². The van der Waals surface area contributed by atoms with Crippen molar-refractivity contribution in [3.05, 3.63) is 248 Å². The fourth-order valence-electron chi connectivity index (χ4n) is 11.1. The highest BCUT2D eigenvalue weighted by molar-refractivity contribution is 7.19. The minimum absolute atomic E-state index is 0.653. The molecule has 13 rings (SSSR count). The van der Waals surface area contributed by atoms with Crippen LogP contribution in [0.5, 0.6) is 0 Å². The molecule has 10 aromatic carbocycles. The Hall–Kier alpha value is -8.69. The maximum absolute atomic E-state index is 9.92. The third kappa shape index (κ3) is 5.49. The van der Waals surface area contributed by atoms with Crippen LogP contribution >= 0.6 is 0 Å². The van der Waals surface area contributed by atoms with E-state index >= 15 is 0 Å². The Balaban J connectivity index is 1.09. The van der Waals surface area contributed by atoms with Gasteiger partial charge in [0.1, 0.15) is 0 Å². The van der Waals surface area contributed by atoms with E-state index in [0.717, 1.165) is 60.9 Å². The van der Waals surface area contributed by atoms with E-state index < -0.39 is 8.07 Å². The fraction of sp³-hybridized carbons (Fsp3) is 0. The van der Waals surface area contributed by atoms with Gasteiger partial charge in [0, 0.05) is 43.7 Å². The number of hydrogen-bond donors (Lipinski definition) is 0. The van der Waals surface area contributed by atoms with Gasteiger partial charge < -0.3 is 13.7 Å². The molecule has 0 amide bonds. The van der Waals surface area contributed by atoms with Gasteiger partial charge in [-0.15, -0.1) is 0 Å². The molecule has 0 saturated heterocycles. The lowest BCUT2D eigenvalue weighted by Gasteiger charge is -2.34. The van der Waals surface area contributed by atoms with E-state index in [4.69, 9.17) is 0 Å². The highest BCUT2D eigenvalue weighted by Crippen LogP contribution is 2.41. The van der Waals surface area contributed by atoms with Crippen LogP contribution in [0.25, 0.3) is 82.5 Å². The zero-order chi connectivity index (χ0) is 43.8. The van der Waals surface area contributed by atoms with E-state index in [9.17, 15) is 5.26 Å². The summed E-state index contributed by atoms with van der Waals surface area (Å²) in [5.74, 6) is 0. The zero-order valence-corrected chi connectivity index (χ0v) is 36.9. The van der Waals surface area contributed by atoms with Crippen molar-refractivity contribution in [3.63, 3.8) is 0 Å². The molecule has 0 bridgehead atoms. The molecule has 0 saturated carbocycles. The number of fused-ring (bicyclic) bond motifs is 9. The first-order chi connectivity index (χ1) is 32.7. The molecule has 0 aliphatic heterocycles. The number of benzene rings is 10. The number of rotatable bonds is 7. The van der Waals surface area contributed by atoms with Crippen LogP contribution in [-0.4, -0.2) is 21.8 Å². The quantitative estimate of drug-likeness (QED) is 0.116. The summed E-state index contributed by atoms with van der Waals surface area (Å²) in [6.45, 7) is 0. The van der Waals surface area contributed by atoms with Gasteiger partial charge in [-0.1, -0.05) is 176 Å².